The maximum absolute atomic E-state index is 6.06. The summed E-state index contributed by atoms with van der Waals surface area (Å²) in [6.45, 7) is 0.621. The summed E-state index contributed by atoms with van der Waals surface area (Å²) in [7, 11) is 1.65. The number of aromatic nitrogens is 1. The Morgan fingerprint density at radius 2 is 2.05 bits per heavy atom. The maximum atomic E-state index is 6.06. The van der Waals surface area contributed by atoms with Gasteiger partial charge in [-0.05, 0) is 51.8 Å². The van der Waals surface area contributed by atoms with Crippen molar-refractivity contribution in [2.24, 2.45) is 10.7 Å². The molecule has 2 heterocycles. The average molecular weight is 347 g/mol. The summed E-state index contributed by atoms with van der Waals surface area (Å²) in [5, 5.41) is 0. The highest BCUT2D eigenvalue weighted by molar-refractivity contribution is 9.10. The number of methoxy groups -OCH3 is 1. The Balaban J connectivity index is 1.95. The van der Waals surface area contributed by atoms with E-state index in [0.717, 1.165) is 21.5 Å². The van der Waals surface area contributed by atoms with Gasteiger partial charge >= 0.3 is 0 Å². The largest absolute Gasteiger partial charge is 0.497 e. The number of halogens is 1. The van der Waals surface area contributed by atoms with Crippen molar-refractivity contribution in [2.75, 3.05) is 18.6 Å². The van der Waals surface area contributed by atoms with E-state index in [9.17, 15) is 0 Å². The molecular weight excluding hydrogens is 332 g/mol. The summed E-state index contributed by atoms with van der Waals surface area (Å²) < 4.78 is 6.13. The average Bonchev–Trinajstić information content (AvgIpc) is 2.89. The van der Waals surface area contributed by atoms with Crippen molar-refractivity contribution in [3.8, 4) is 5.75 Å². The molecule has 1 atom stereocenters. The number of aliphatic imine (C=N–C) groups is 1. The fraction of sp³-hybridized carbons (Fsp3) is 0.200. The first kappa shape index (κ1) is 13.9. The first-order valence-corrected chi connectivity index (χ1v) is 7.32. The number of rotatable bonds is 3. The van der Waals surface area contributed by atoms with Crippen LogP contribution in [0.3, 0.4) is 0 Å². The highest BCUT2D eigenvalue weighted by atomic mass is 79.9. The van der Waals surface area contributed by atoms with E-state index in [4.69, 9.17) is 10.5 Å². The van der Waals surface area contributed by atoms with E-state index in [1.807, 2.05) is 41.4 Å². The molecule has 1 aromatic heterocycles. The van der Waals surface area contributed by atoms with Crippen molar-refractivity contribution in [1.82, 2.24) is 4.98 Å². The molecule has 2 N–H and O–H groups in total. The number of guanidine groups is 1. The van der Waals surface area contributed by atoms with Gasteiger partial charge in [0.2, 0.25) is 0 Å². The third kappa shape index (κ3) is 2.71. The van der Waals surface area contributed by atoms with Gasteiger partial charge in [0, 0.05) is 22.6 Å². The normalized spacial score (nSPS) is 17.7. The van der Waals surface area contributed by atoms with Gasteiger partial charge in [-0.15, -0.1) is 0 Å². The van der Waals surface area contributed by atoms with Crippen molar-refractivity contribution in [2.45, 2.75) is 6.04 Å². The van der Waals surface area contributed by atoms with Crippen LogP contribution >= 0.6 is 15.9 Å². The lowest BCUT2D eigenvalue weighted by Crippen LogP contribution is -2.36. The maximum Gasteiger partial charge on any atom is 0.196 e. The molecule has 5 nitrogen and oxygen atoms in total. The molecular formula is C15H15BrN4O. The number of benzene rings is 1. The fourth-order valence-corrected chi connectivity index (χ4v) is 2.80. The quantitative estimate of drug-likeness (QED) is 0.927. The number of hydrogen-bond donors (Lipinski definition) is 1. The van der Waals surface area contributed by atoms with Crippen LogP contribution in [0.25, 0.3) is 0 Å². The topological polar surface area (TPSA) is 63.7 Å². The zero-order valence-electron chi connectivity index (χ0n) is 11.5. The third-order valence-electron chi connectivity index (χ3n) is 3.45. The van der Waals surface area contributed by atoms with E-state index in [1.165, 1.54) is 0 Å². The van der Waals surface area contributed by atoms with Crippen LogP contribution in [0.4, 0.5) is 5.69 Å². The summed E-state index contributed by atoms with van der Waals surface area (Å²) in [6.07, 6.45) is 3.61. The number of nitrogens with zero attached hydrogens (tertiary/aromatic N) is 3. The van der Waals surface area contributed by atoms with Crippen LogP contribution in [-0.2, 0) is 0 Å². The highest BCUT2D eigenvalue weighted by Gasteiger charge is 2.29. The summed E-state index contributed by atoms with van der Waals surface area (Å²) in [6, 6.07) is 9.88. The molecule has 2 aromatic rings. The zero-order valence-corrected chi connectivity index (χ0v) is 13.1. The van der Waals surface area contributed by atoms with Crippen molar-refractivity contribution in [3.05, 3.63) is 52.8 Å². The monoisotopic (exact) mass is 346 g/mol. The van der Waals surface area contributed by atoms with Gasteiger partial charge in [0.15, 0.2) is 5.96 Å². The predicted octanol–water partition coefficient (Wildman–Crippen LogP) is 2.73. The molecule has 0 spiro atoms. The summed E-state index contributed by atoms with van der Waals surface area (Å²) in [5.74, 6) is 1.33. The van der Waals surface area contributed by atoms with Crippen molar-refractivity contribution < 1.29 is 4.74 Å². The van der Waals surface area contributed by atoms with Gasteiger partial charge in [-0.1, -0.05) is 0 Å². The Morgan fingerprint density at radius 3 is 2.71 bits per heavy atom. The van der Waals surface area contributed by atoms with Gasteiger partial charge in [-0.25, -0.2) is 0 Å². The molecule has 0 bridgehead atoms. The summed E-state index contributed by atoms with van der Waals surface area (Å²) in [5.41, 5.74) is 8.12. The molecule has 0 radical (unpaired) electrons. The van der Waals surface area contributed by atoms with E-state index in [-0.39, 0.29) is 6.04 Å². The molecule has 1 unspecified atom stereocenters. The van der Waals surface area contributed by atoms with Crippen LogP contribution in [0.1, 0.15) is 11.6 Å². The van der Waals surface area contributed by atoms with E-state index in [0.29, 0.717) is 12.5 Å². The van der Waals surface area contributed by atoms with E-state index >= 15 is 0 Å². The Hall–Kier alpha value is -2.08. The van der Waals surface area contributed by atoms with Gasteiger partial charge < -0.3 is 15.4 Å². The summed E-state index contributed by atoms with van der Waals surface area (Å²) in [4.78, 5) is 10.6. The first-order valence-electron chi connectivity index (χ1n) is 6.52. The van der Waals surface area contributed by atoms with Gasteiger partial charge in [-0.2, -0.15) is 0 Å². The first-order chi connectivity index (χ1) is 10.2. The molecule has 0 fully saturated rings. The molecule has 108 valence electrons. The lowest BCUT2D eigenvalue weighted by atomic mass is 10.1. The van der Waals surface area contributed by atoms with E-state index in [2.05, 4.69) is 25.9 Å². The highest BCUT2D eigenvalue weighted by Crippen LogP contribution is 2.32. The minimum atomic E-state index is 0.0587. The Kier molecular flexibility index (Phi) is 3.79. The molecule has 21 heavy (non-hydrogen) atoms. The van der Waals surface area contributed by atoms with Crippen molar-refractivity contribution >= 4 is 27.6 Å². The van der Waals surface area contributed by atoms with Crippen LogP contribution in [0, 0.1) is 0 Å². The molecule has 3 rings (SSSR count). The summed E-state index contributed by atoms with van der Waals surface area (Å²) >= 11 is 3.45. The lowest BCUT2D eigenvalue weighted by molar-refractivity contribution is 0.415. The van der Waals surface area contributed by atoms with Gasteiger partial charge in [0.05, 0.1) is 19.7 Å². The number of anilines is 1. The van der Waals surface area contributed by atoms with E-state index in [1.54, 1.807) is 13.3 Å². The molecule has 1 aromatic carbocycles. The number of ether oxygens (including phenoxy) is 1. The zero-order chi connectivity index (χ0) is 14.8. The number of nitrogens with two attached hydrogens (primary N) is 1. The van der Waals surface area contributed by atoms with Crippen LogP contribution in [0.5, 0.6) is 5.75 Å². The number of pyridine rings is 1. The Bertz CT molecular complexity index is 672. The van der Waals surface area contributed by atoms with Crippen LogP contribution in [0.2, 0.25) is 0 Å². The van der Waals surface area contributed by atoms with Gasteiger partial charge in [-0.3, -0.25) is 9.98 Å². The molecule has 0 saturated carbocycles. The van der Waals surface area contributed by atoms with E-state index < -0.39 is 0 Å². The molecule has 0 aliphatic carbocycles. The van der Waals surface area contributed by atoms with Crippen LogP contribution in [0.15, 0.2) is 52.2 Å². The second-order valence-electron chi connectivity index (χ2n) is 4.72. The van der Waals surface area contributed by atoms with Crippen molar-refractivity contribution in [3.63, 3.8) is 0 Å². The van der Waals surface area contributed by atoms with Gasteiger partial charge in [0.25, 0.3) is 0 Å². The second kappa shape index (κ2) is 5.73. The minimum absolute atomic E-state index is 0.0587. The standard InChI is InChI=1S/C15H15BrN4O/c1-21-13-4-2-12(3-5-13)20-14(9-19-15(20)17)10-6-11(16)8-18-7-10/h2-8,14H,9H2,1H3,(H2,17,19). The third-order valence-corrected chi connectivity index (χ3v) is 3.88. The van der Waals surface area contributed by atoms with Crippen LogP contribution in [-0.4, -0.2) is 24.6 Å². The lowest BCUT2D eigenvalue weighted by Gasteiger charge is -2.26. The Morgan fingerprint density at radius 1 is 1.29 bits per heavy atom. The molecule has 6 heteroatoms. The SMILES string of the molecule is COc1ccc(N2C(N)=NCC2c2cncc(Br)c2)cc1. The molecule has 1 aliphatic rings. The second-order valence-corrected chi connectivity index (χ2v) is 5.63. The Labute approximate surface area is 131 Å². The smallest absolute Gasteiger partial charge is 0.196 e. The number of hydrogen-bond acceptors (Lipinski definition) is 5. The van der Waals surface area contributed by atoms with Crippen LogP contribution < -0.4 is 15.4 Å². The molecule has 1 aliphatic heterocycles. The van der Waals surface area contributed by atoms with Crippen molar-refractivity contribution in [1.29, 1.82) is 0 Å². The van der Waals surface area contributed by atoms with Gasteiger partial charge in [0.1, 0.15) is 5.75 Å². The minimum Gasteiger partial charge on any atom is -0.497 e. The molecule has 0 saturated heterocycles. The molecule has 0 amide bonds. The predicted molar refractivity (Wildman–Crippen MR) is 86.6 cm³/mol. The fourth-order valence-electron chi connectivity index (χ4n) is 2.42.